The number of hydrogen-bond donors (Lipinski definition) is 1. The van der Waals surface area contributed by atoms with E-state index in [1.54, 1.807) is 13.3 Å². The summed E-state index contributed by atoms with van der Waals surface area (Å²) in [7, 11) is 1.62. The van der Waals surface area contributed by atoms with E-state index in [0.29, 0.717) is 32.5 Å². The van der Waals surface area contributed by atoms with Gasteiger partial charge >= 0.3 is 0 Å². The maximum absolute atomic E-state index is 13.1. The monoisotopic (exact) mass is 394 g/mol. The van der Waals surface area contributed by atoms with Crippen LogP contribution in [0.25, 0.3) is 0 Å². The summed E-state index contributed by atoms with van der Waals surface area (Å²) in [4.78, 5) is 34.2. The first-order valence-electron chi connectivity index (χ1n) is 9.99. The van der Waals surface area contributed by atoms with Gasteiger partial charge in [0.25, 0.3) is 0 Å². The molecular formula is C22H26N4O3. The van der Waals surface area contributed by atoms with Crippen LogP contribution in [0, 0.1) is 5.41 Å². The Bertz CT molecular complexity index is 857. The molecule has 0 atom stereocenters. The van der Waals surface area contributed by atoms with Crippen molar-refractivity contribution in [1.29, 1.82) is 0 Å². The number of nitrogens with one attached hydrogen (secondary N) is 1. The van der Waals surface area contributed by atoms with Crippen molar-refractivity contribution in [2.75, 3.05) is 38.2 Å². The molecule has 4 rings (SSSR count). The van der Waals surface area contributed by atoms with Gasteiger partial charge in [0.2, 0.25) is 11.8 Å². The zero-order chi connectivity index (χ0) is 20.3. The van der Waals surface area contributed by atoms with Crippen molar-refractivity contribution in [1.82, 2.24) is 15.2 Å². The Labute approximate surface area is 170 Å². The van der Waals surface area contributed by atoms with E-state index in [-0.39, 0.29) is 11.8 Å². The molecule has 0 bridgehead atoms. The molecule has 0 unspecified atom stereocenters. The Hall–Kier alpha value is -3.09. The molecule has 1 aromatic carbocycles. The highest BCUT2D eigenvalue weighted by Gasteiger charge is 2.58. The van der Waals surface area contributed by atoms with Crippen molar-refractivity contribution in [2.24, 2.45) is 5.41 Å². The number of rotatable bonds is 6. The molecule has 1 aliphatic heterocycles. The lowest BCUT2D eigenvalue weighted by Crippen LogP contribution is -2.53. The van der Waals surface area contributed by atoms with E-state index in [1.165, 1.54) is 0 Å². The average Bonchev–Trinajstić information content (AvgIpc) is 3.60. The summed E-state index contributed by atoms with van der Waals surface area (Å²) in [6.07, 6.45) is 3.03. The van der Waals surface area contributed by atoms with Gasteiger partial charge in [-0.05, 0) is 42.7 Å². The van der Waals surface area contributed by atoms with Crippen molar-refractivity contribution in [3.8, 4) is 5.75 Å². The Morgan fingerprint density at radius 1 is 1.07 bits per heavy atom. The van der Waals surface area contributed by atoms with Crippen LogP contribution < -0.4 is 15.0 Å². The highest BCUT2D eigenvalue weighted by molar-refractivity contribution is 6.07. The van der Waals surface area contributed by atoms with Crippen molar-refractivity contribution in [3.05, 3.63) is 54.2 Å². The van der Waals surface area contributed by atoms with E-state index >= 15 is 0 Å². The van der Waals surface area contributed by atoms with Gasteiger partial charge in [0, 0.05) is 38.9 Å². The zero-order valence-corrected chi connectivity index (χ0v) is 16.6. The number of nitrogens with zero attached hydrogens (tertiary/aromatic N) is 3. The molecule has 2 heterocycles. The summed E-state index contributed by atoms with van der Waals surface area (Å²) in [6.45, 7) is 3.09. The molecule has 7 heteroatoms. The van der Waals surface area contributed by atoms with E-state index in [4.69, 9.17) is 4.74 Å². The van der Waals surface area contributed by atoms with E-state index in [1.807, 2.05) is 47.4 Å². The number of carbonyl (C=O) groups is 2. The minimum atomic E-state index is -0.875. The lowest BCUT2D eigenvalue weighted by Gasteiger charge is -2.36. The maximum atomic E-state index is 13.1. The standard InChI is InChI=1S/C22H26N4O3/c1-29-18-7-5-17(6-8-18)16-24-20(27)22(9-10-22)21(28)26-14-12-25(13-15-26)19-4-2-3-11-23-19/h2-8,11H,9-10,12-16H2,1H3,(H,24,27). The topological polar surface area (TPSA) is 74.8 Å². The van der Waals surface area contributed by atoms with Crippen LogP contribution in [-0.2, 0) is 16.1 Å². The largest absolute Gasteiger partial charge is 0.497 e. The predicted octanol–water partition coefficient (Wildman–Crippen LogP) is 1.84. The second-order valence-electron chi connectivity index (χ2n) is 7.58. The highest BCUT2D eigenvalue weighted by Crippen LogP contribution is 2.47. The lowest BCUT2D eigenvalue weighted by atomic mass is 10.0. The first-order valence-corrected chi connectivity index (χ1v) is 9.99. The molecular weight excluding hydrogens is 368 g/mol. The first kappa shape index (κ1) is 19.2. The lowest BCUT2D eigenvalue weighted by molar-refractivity contribution is -0.144. The molecule has 2 amide bonds. The number of anilines is 1. The third-order valence-electron chi connectivity index (χ3n) is 5.75. The first-order chi connectivity index (χ1) is 14.1. The van der Waals surface area contributed by atoms with E-state index < -0.39 is 5.41 Å². The molecule has 1 aromatic heterocycles. The van der Waals surface area contributed by atoms with Gasteiger partial charge in [0.15, 0.2) is 0 Å². The minimum Gasteiger partial charge on any atom is -0.497 e. The number of carbonyl (C=O) groups excluding carboxylic acids is 2. The molecule has 0 spiro atoms. The normalized spacial score (nSPS) is 17.6. The zero-order valence-electron chi connectivity index (χ0n) is 16.6. The summed E-state index contributed by atoms with van der Waals surface area (Å²) in [6, 6.07) is 13.4. The molecule has 2 aromatic rings. The Kier molecular flexibility index (Phi) is 5.38. The molecule has 2 aliphatic rings. The molecule has 29 heavy (non-hydrogen) atoms. The number of pyridine rings is 1. The molecule has 152 valence electrons. The van der Waals surface area contributed by atoms with Crippen LogP contribution in [0.3, 0.4) is 0 Å². The van der Waals surface area contributed by atoms with Crippen molar-refractivity contribution >= 4 is 17.6 Å². The van der Waals surface area contributed by atoms with Gasteiger partial charge in [0.05, 0.1) is 7.11 Å². The van der Waals surface area contributed by atoms with Gasteiger partial charge < -0.3 is 19.9 Å². The van der Waals surface area contributed by atoms with E-state index in [0.717, 1.165) is 30.2 Å². The number of benzene rings is 1. The quantitative estimate of drug-likeness (QED) is 0.757. The summed E-state index contributed by atoms with van der Waals surface area (Å²) < 4.78 is 5.15. The number of hydrogen-bond acceptors (Lipinski definition) is 5. The molecule has 1 aliphatic carbocycles. The van der Waals surface area contributed by atoms with Gasteiger partial charge in [0.1, 0.15) is 17.0 Å². The number of amides is 2. The van der Waals surface area contributed by atoms with Crippen LogP contribution >= 0.6 is 0 Å². The van der Waals surface area contributed by atoms with Gasteiger partial charge in [-0.2, -0.15) is 0 Å². The van der Waals surface area contributed by atoms with Crippen LogP contribution in [0.15, 0.2) is 48.7 Å². The average molecular weight is 394 g/mol. The smallest absolute Gasteiger partial charge is 0.238 e. The van der Waals surface area contributed by atoms with Gasteiger partial charge in [-0.25, -0.2) is 4.98 Å². The SMILES string of the molecule is COc1ccc(CNC(=O)C2(C(=O)N3CCN(c4ccccn4)CC3)CC2)cc1. The van der Waals surface area contributed by atoms with Crippen molar-refractivity contribution < 1.29 is 14.3 Å². The predicted molar refractivity (Wildman–Crippen MR) is 110 cm³/mol. The molecule has 1 N–H and O–H groups in total. The van der Waals surface area contributed by atoms with E-state index in [9.17, 15) is 9.59 Å². The highest BCUT2D eigenvalue weighted by atomic mass is 16.5. The Morgan fingerprint density at radius 3 is 2.38 bits per heavy atom. The van der Waals surface area contributed by atoms with Gasteiger partial charge in [-0.3, -0.25) is 9.59 Å². The number of piperazine rings is 1. The molecule has 2 fully saturated rings. The number of methoxy groups -OCH3 is 1. The minimum absolute atomic E-state index is 0.0367. The van der Waals surface area contributed by atoms with E-state index in [2.05, 4.69) is 15.2 Å². The fourth-order valence-corrected chi connectivity index (χ4v) is 3.74. The Balaban J connectivity index is 1.31. The summed E-state index contributed by atoms with van der Waals surface area (Å²) in [5.74, 6) is 1.51. The third-order valence-corrected chi connectivity index (χ3v) is 5.75. The molecule has 1 saturated heterocycles. The number of ether oxygens (including phenoxy) is 1. The summed E-state index contributed by atoms with van der Waals surface area (Å²) in [5, 5.41) is 2.95. The van der Waals surface area contributed by atoms with Gasteiger partial charge in [-0.15, -0.1) is 0 Å². The summed E-state index contributed by atoms with van der Waals surface area (Å²) >= 11 is 0. The second-order valence-corrected chi connectivity index (χ2v) is 7.58. The van der Waals surface area contributed by atoms with Crippen molar-refractivity contribution in [3.63, 3.8) is 0 Å². The molecule has 7 nitrogen and oxygen atoms in total. The van der Waals surface area contributed by atoms with Crippen LogP contribution in [0.2, 0.25) is 0 Å². The third kappa shape index (κ3) is 4.04. The van der Waals surface area contributed by atoms with Gasteiger partial charge in [-0.1, -0.05) is 18.2 Å². The molecule has 1 saturated carbocycles. The van der Waals surface area contributed by atoms with Crippen LogP contribution in [0.1, 0.15) is 18.4 Å². The van der Waals surface area contributed by atoms with Crippen LogP contribution in [-0.4, -0.2) is 55.0 Å². The second kappa shape index (κ2) is 8.11. The molecule has 0 radical (unpaired) electrons. The van der Waals surface area contributed by atoms with Crippen LogP contribution in [0.5, 0.6) is 5.75 Å². The van der Waals surface area contributed by atoms with Crippen molar-refractivity contribution in [2.45, 2.75) is 19.4 Å². The van der Waals surface area contributed by atoms with Crippen LogP contribution in [0.4, 0.5) is 5.82 Å². The Morgan fingerprint density at radius 2 is 1.79 bits per heavy atom. The fourth-order valence-electron chi connectivity index (χ4n) is 3.74. The fraction of sp³-hybridized carbons (Fsp3) is 0.409. The number of aromatic nitrogens is 1. The maximum Gasteiger partial charge on any atom is 0.238 e. The summed E-state index contributed by atoms with van der Waals surface area (Å²) in [5.41, 5.74) is 0.103.